The minimum atomic E-state index is -0.505. The second-order valence-corrected chi connectivity index (χ2v) is 10.4. The zero-order valence-electron chi connectivity index (χ0n) is 20.0. The highest BCUT2D eigenvalue weighted by Gasteiger charge is 2.41. The Labute approximate surface area is 207 Å². The van der Waals surface area contributed by atoms with Crippen molar-refractivity contribution in [2.45, 2.75) is 50.3 Å². The fraction of sp³-hybridized carbons (Fsp3) is 0.462. The van der Waals surface area contributed by atoms with Crippen LogP contribution in [0.5, 0.6) is 0 Å². The molecule has 2 aliphatic heterocycles. The van der Waals surface area contributed by atoms with Crippen molar-refractivity contribution < 1.29 is 19.2 Å². The molecule has 1 aromatic carbocycles. The molecule has 36 heavy (non-hydrogen) atoms. The van der Waals surface area contributed by atoms with Gasteiger partial charge in [-0.05, 0) is 61.2 Å². The summed E-state index contributed by atoms with van der Waals surface area (Å²) in [4.78, 5) is 19.5. The molecule has 3 N–H and O–H groups in total. The molecule has 1 saturated carbocycles. The standard InChI is InChI=1S/C26H29N7O3/c27-25(35)22-13-33(32-8-7-24(28-26(22)32)30-12-21-10-20(30)15-36-21)19-5-6-23-17(9-19)11-31(29-23)18-3-1-16(14-34)2-4-18/h5-9,11,13,16,18,20-21,34H,1-4,10,12,14-15H2,(H-,27,35)/p+1/t16?,18?,20-,21-/m1/s1. The highest BCUT2D eigenvalue weighted by Crippen LogP contribution is 2.33. The highest BCUT2D eigenvalue weighted by molar-refractivity contribution is 5.97. The molecule has 5 heterocycles. The van der Waals surface area contributed by atoms with Gasteiger partial charge < -0.3 is 20.5 Å². The summed E-state index contributed by atoms with van der Waals surface area (Å²) in [7, 11) is 0. The second kappa shape index (κ2) is 8.28. The molecule has 2 bridgehead atoms. The molecule has 1 aliphatic carbocycles. The summed E-state index contributed by atoms with van der Waals surface area (Å²) in [6.45, 7) is 1.82. The first kappa shape index (κ1) is 21.8. The van der Waals surface area contributed by atoms with Gasteiger partial charge in [-0.1, -0.05) is 0 Å². The van der Waals surface area contributed by atoms with E-state index in [1.165, 1.54) is 0 Å². The minimum Gasteiger partial charge on any atom is -0.396 e. The molecule has 0 radical (unpaired) electrons. The number of aliphatic hydroxyl groups is 1. The Bertz CT molecular complexity index is 1470. The van der Waals surface area contributed by atoms with E-state index in [1.807, 2.05) is 33.6 Å². The maximum Gasteiger partial charge on any atom is 0.363 e. The Morgan fingerprint density at radius 2 is 2.03 bits per heavy atom. The summed E-state index contributed by atoms with van der Waals surface area (Å²) in [5.41, 5.74) is 8.52. The molecule has 3 aliphatic rings. The van der Waals surface area contributed by atoms with Gasteiger partial charge in [-0.15, -0.1) is 4.52 Å². The Morgan fingerprint density at radius 3 is 2.75 bits per heavy atom. The van der Waals surface area contributed by atoms with E-state index in [-0.39, 0.29) is 12.7 Å². The van der Waals surface area contributed by atoms with Crippen LogP contribution in [-0.4, -0.2) is 62.4 Å². The van der Waals surface area contributed by atoms with Crippen LogP contribution in [0.1, 0.15) is 48.5 Å². The zero-order chi connectivity index (χ0) is 24.4. The average Bonchev–Trinajstić information content (AvgIpc) is 3.70. The molecule has 3 fully saturated rings. The topological polar surface area (TPSA) is 116 Å². The van der Waals surface area contributed by atoms with Crippen molar-refractivity contribution in [1.82, 2.24) is 19.4 Å². The Kier molecular flexibility index (Phi) is 5.00. The number of carbonyl (C=O) groups excluding carboxylic acids is 1. The third-order valence-corrected chi connectivity index (χ3v) is 8.21. The van der Waals surface area contributed by atoms with Gasteiger partial charge in [0, 0.05) is 30.8 Å². The molecule has 4 aromatic rings. The van der Waals surface area contributed by atoms with E-state index in [1.54, 1.807) is 6.20 Å². The molecule has 10 heteroatoms. The monoisotopic (exact) mass is 488 g/mol. The predicted molar refractivity (Wildman–Crippen MR) is 132 cm³/mol. The molecule has 3 aromatic heterocycles. The quantitative estimate of drug-likeness (QED) is 0.414. The van der Waals surface area contributed by atoms with Crippen molar-refractivity contribution >= 4 is 28.3 Å². The molecule has 7 rings (SSSR count). The van der Waals surface area contributed by atoms with Crippen LogP contribution in [0.25, 0.3) is 22.2 Å². The number of hydrogen-bond donors (Lipinski definition) is 2. The molecule has 2 atom stereocenters. The molecule has 10 nitrogen and oxygen atoms in total. The van der Waals surface area contributed by atoms with Crippen LogP contribution >= 0.6 is 0 Å². The van der Waals surface area contributed by atoms with Crippen molar-refractivity contribution in [3.8, 4) is 5.69 Å². The number of morpholine rings is 1. The van der Waals surface area contributed by atoms with E-state index < -0.39 is 5.91 Å². The normalized spacial score (nSPS) is 25.9. The summed E-state index contributed by atoms with van der Waals surface area (Å²) in [5.74, 6) is 0.757. The molecule has 0 spiro atoms. The van der Waals surface area contributed by atoms with Gasteiger partial charge in [0.05, 0.1) is 42.2 Å². The van der Waals surface area contributed by atoms with Crippen LogP contribution in [0.2, 0.25) is 0 Å². The summed E-state index contributed by atoms with van der Waals surface area (Å²) < 4.78 is 11.6. The summed E-state index contributed by atoms with van der Waals surface area (Å²) >= 11 is 0. The number of nitrogens with zero attached hydrogens (tertiary/aromatic N) is 6. The molecule has 0 unspecified atom stereocenters. The number of benzene rings is 1. The number of hydrogen-bond acceptors (Lipinski definition) is 6. The van der Waals surface area contributed by atoms with Crippen molar-refractivity contribution in [2.75, 3.05) is 24.7 Å². The largest absolute Gasteiger partial charge is 0.396 e. The Morgan fingerprint density at radius 1 is 1.17 bits per heavy atom. The van der Waals surface area contributed by atoms with Crippen molar-refractivity contribution in [3.05, 3.63) is 48.4 Å². The Balaban J connectivity index is 1.24. The van der Waals surface area contributed by atoms with E-state index in [9.17, 15) is 9.90 Å². The van der Waals surface area contributed by atoms with Gasteiger partial charge in [-0.3, -0.25) is 9.48 Å². The van der Waals surface area contributed by atoms with Gasteiger partial charge >= 0.3 is 5.65 Å². The highest BCUT2D eigenvalue weighted by atomic mass is 16.5. The number of fused-ring (bicyclic) bond motifs is 4. The van der Waals surface area contributed by atoms with E-state index in [0.29, 0.717) is 29.2 Å². The maximum atomic E-state index is 12.3. The van der Waals surface area contributed by atoms with Crippen LogP contribution in [0, 0.1) is 5.92 Å². The number of carbonyl (C=O) groups is 1. The van der Waals surface area contributed by atoms with Gasteiger partial charge in [-0.2, -0.15) is 9.78 Å². The number of rotatable bonds is 5. The lowest BCUT2D eigenvalue weighted by atomic mass is 9.87. The van der Waals surface area contributed by atoms with Gasteiger partial charge in [0.15, 0.2) is 5.56 Å². The maximum absolute atomic E-state index is 12.3. The third kappa shape index (κ3) is 3.47. The number of primary amides is 1. The Hall–Kier alpha value is -3.50. The van der Waals surface area contributed by atoms with Gasteiger partial charge in [0.1, 0.15) is 6.20 Å². The lowest BCUT2D eigenvalue weighted by Crippen LogP contribution is -2.39. The van der Waals surface area contributed by atoms with Crippen LogP contribution in [0.3, 0.4) is 0 Å². The molecular weight excluding hydrogens is 458 g/mol. The van der Waals surface area contributed by atoms with E-state index in [4.69, 9.17) is 20.6 Å². The average molecular weight is 489 g/mol. The van der Waals surface area contributed by atoms with Gasteiger partial charge in [0.25, 0.3) is 5.91 Å². The first-order chi connectivity index (χ1) is 17.6. The zero-order valence-corrected chi connectivity index (χ0v) is 20.0. The van der Waals surface area contributed by atoms with Crippen LogP contribution < -0.4 is 15.1 Å². The molecule has 1 amide bonds. The first-order valence-electron chi connectivity index (χ1n) is 12.8. The lowest BCUT2D eigenvalue weighted by molar-refractivity contribution is -0.600. The smallest absolute Gasteiger partial charge is 0.363 e. The molecule has 2 saturated heterocycles. The van der Waals surface area contributed by atoms with Crippen molar-refractivity contribution in [3.63, 3.8) is 0 Å². The van der Waals surface area contributed by atoms with Gasteiger partial charge in [0.2, 0.25) is 5.82 Å². The fourth-order valence-corrected chi connectivity index (χ4v) is 6.17. The lowest BCUT2D eigenvalue weighted by Gasteiger charge is -2.27. The van der Waals surface area contributed by atoms with E-state index >= 15 is 0 Å². The van der Waals surface area contributed by atoms with Crippen LogP contribution in [0.4, 0.5) is 5.82 Å². The molecular formula is C26H30N7O3+. The number of aliphatic hydroxyl groups excluding tert-OH is 1. The van der Waals surface area contributed by atoms with Crippen molar-refractivity contribution in [1.29, 1.82) is 0 Å². The van der Waals surface area contributed by atoms with Crippen LogP contribution in [-0.2, 0) is 4.74 Å². The van der Waals surface area contributed by atoms with Crippen LogP contribution in [0.15, 0.2) is 42.9 Å². The van der Waals surface area contributed by atoms with E-state index in [0.717, 1.165) is 67.7 Å². The summed E-state index contributed by atoms with van der Waals surface area (Å²) in [6.07, 6.45) is 11.2. The number of nitrogens with two attached hydrogens (primary N) is 1. The first-order valence-corrected chi connectivity index (χ1v) is 12.8. The minimum absolute atomic E-state index is 0.262. The summed E-state index contributed by atoms with van der Waals surface area (Å²) in [6, 6.07) is 8.79. The SMILES string of the molecule is NC(=O)c1cn(-c2ccc3nn(C4CCC(CO)CC4)cc3c2)[n+]2ccc(N3C[C@H]4C[C@@H]3CO4)nc12. The predicted octanol–water partition coefficient (Wildman–Crippen LogP) is 1.76. The second-order valence-electron chi connectivity index (χ2n) is 10.4. The van der Waals surface area contributed by atoms with Crippen molar-refractivity contribution in [2.24, 2.45) is 11.7 Å². The number of anilines is 1. The molecule has 186 valence electrons. The number of aromatic nitrogens is 5. The number of ether oxygens (including phenoxy) is 1. The summed E-state index contributed by atoms with van der Waals surface area (Å²) in [5, 5.41) is 15.3. The number of amides is 1. The third-order valence-electron chi connectivity index (χ3n) is 8.21. The van der Waals surface area contributed by atoms with Gasteiger partial charge in [-0.25, -0.2) is 0 Å². The van der Waals surface area contributed by atoms with E-state index in [2.05, 4.69) is 21.8 Å². The fourth-order valence-electron chi connectivity index (χ4n) is 6.17.